The Morgan fingerprint density at radius 3 is 2.76 bits per heavy atom. The van der Waals surface area contributed by atoms with E-state index in [1.165, 1.54) is 31.7 Å². The van der Waals surface area contributed by atoms with E-state index in [-0.39, 0.29) is 11.9 Å². The van der Waals surface area contributed by atoms with Gasteiger partial charge >= 0.3 is 0 Å². The molecule has 1 aliphatic carbocycles. The van der Waals surface area contributed by atoms with Gasteiger partial charge in [-0.15, -0.1) is 0 Å². The molecule has 0 spiro atoms. The molecule has 1 aromatic carbocycles. The van der Waals surface area contributed by atoms with Crippen LogP contribution in [0.25, 0.3) is 0 Å². The molecule has 3 N–H and O–H groups in total. The van der Waals surface area contributed by atoms with Crippen molar-refractivity contribution < 1.29 is 4.39 Å². The zero-order valence-electron chi connectivity index (χ0n) is 9.76. The van der Waals surface area contributed by atoms with Gasteiger partial charge in [0.25, 0.3) is 0 Å². The summed E-state index contributed by atoms with van der Waals surface area (Å²) in [6.07, 6.45) is 6.00. The van der Waals surface area contributed by atoms with Crippen LogP contribution in [0.4, 0.5) is 4.39 Å². The van der Waals surface area contributed by atoms with E-state index in [4.69, 9.17) is 5.84 Å². The van der Waals surface area contributed by atoms with Crippen molar-refractivity contribution in [2.75, 3.05) is 0 Å². The Morgan fingerprint density at radius 2 is 2.12 bits per heavy atom. The fourth-order valence-corrected chi connectivity index (χ4v) is 3.02. The molecule has 2 rings (SSSR count). The minimum Gasteiger partial charge on any atom is -0.271 e. The number of hydrogen-bond acceptors (Lipinski definition) is 2. The monoisotopic (exact) mass is 300 g/mol. The first-order valence-electron chi connectivity index (χ1n) is 6.12. The molecule has 0 aromatic heterocycles. The van der Waals surface area contributed by atoms with E-state index >= 15 is 0 Å². The normalized spacial score (nSPS) is 18.5. The number of nitrogens with one attached hydrogen (secondary N) is 1. The van der Waals surface area contributed by atoms with Crippen molar-refractivity contribution in [3.8, 4) is 0 Å². The zero-order chi connectivity index (χ0) is 12.3. The van der Waals surface area contributed by atoms with Gasteiger partial charge in [-0.2, -0.15) is 0 Å². The van der Waals surface area contributed by atoms with E-state index in [9.17, 15) is 4.39 Å². The molecule has 0 saturated heterocycles. The Balaban J connectivity index is 2.13. The van der Waals surface area contributed by atoms with Crippen molar-refractivity contribution in [1.82, 2.24) is 5.43 Å². The van der Waals surface area contributed by atoms with Crippen LogP contribution < -0.4 is 11.3 Å². The number of hydrazine groups is 1. The van der Waals surface area contributed by atoms with Gasteiger partial charge in [-0.25, -0.2) is 4.39 Å². The SMILES string of the molecule is NNC(CC1CCCC1)c1cc(Br)ccc1F. The smallest absolute Gasteiger partial charge is 0.128 e. The van der Waals surface area contributed by atoms with E-state index in [1.54, 1.807) is 6.07 Å². The van der Waals surface area contributed by atoms with Crippen LogP contribution in [0.1, 0.15) is 43.7 Å². The van der Waals surface area contributed by atoms with Crippen molar-refractivity contribution in [3.63, 3.8) is 0 Å². The van der Waals surface area contributed by atoms with Gasteiger partial charge in [-0.1, -0.05) is 41.6 Å². The minimum absolute atomic E-state index is 0.0874. The molecular formula is C13H18BrFN2. The quantitative estimate of drug-likeness (QED) is 0.658. The van der Waals surface area contributed by atoms with E-state index in [1.807, 2.05) is 6.07 Å². The van der Waals surface area contributed by atoms with E-state index < -0.39 is 0 Å². The molecule has 1 atom stereocenters. The molecule has 0 bridgehead atoms. The highest BCUT2D eigenvalue weighted by atomic mass is 79.9. The van der Waals surface area contributed by atoms with E-state index in [0.29, 0.717) is 11.5 Å². The van der Waals surface area contributed by atoms with Crippen LogP contribution in [-0.2, 0) is 0 Å². The van der Waals surface area contributed by atoms with Crippen molar-refractivity contribution in [3.05, 3.63) is 34.1 Å². The number of nitrogens with two attached hydrogens (primary N) is 1. The second-order valence-corrected chi connectivity index (χ2v) is 5.69. The summed E-state index contributed by atoms with van der Waals surface area (Å²) in [5, 5.41) is 0. The summed E-state index contributed by atoms with van der Waals surface area (Å²) < 4.78 is 14.7. The summed E-state index contributed by atoms with van der Waals surface area (Å²) in [5.74, 6) is 6.06. The summed E-state index contributed by atoms with van der Waals surface area (Å²) in [7, 11) is 0. The molecule has 17 heavy (non-hydrogen) atoms. The summed E-state index contributed by atoms with van der Waals surface area (Å²) in [6.45, 7) is 0. The topological polar surface area (TPSA) is 38.0 Å². The molecule has 0 amide bonds. The van der Waals surface area contributed by atoms with Crippen LogP contribution >= 0.6 is 15.9 Å². The maximum Gasteiger partial charge on any atom is 0.128 e. The Hall–Kier alpha value is -0.450. The summed E-state index contributed by atoms with van der Waals surface area (Å²) in [4.78, 5) is 0. The molecule has 1 unspecified atom stereocenters. The van der Waals surface area contributed by atoms with Crippen LogP contribution in [-0.4, -0.2) is 0 Å². The van der Waals surface area contributed by atoms with Crippen LogP contribution in [0.15, 0.2) is 22.7 Å². The van der Waals surface area contributed by atoms with Gasteiger partial charge in [-0.3, -0.25) is 11.3 Å². The number of halogens is 2. The third-order valence-electron chi connectivity index (χ3n) is 3.58. The third kappa shape index (κ3) is 3.27. The van der Waals surface area contributed by atoms with Gasteiger partial charge in [0.2, 0.25) is 0 Å². The third-order valence-corrected chi connectivity index (χ3v) is 4.07. The van der Waals surface area contributed by atoms with Gasteiger partial charge < -0.3 is 0 Å². The lowest BCUT2D eigenvalue weighted by molar-refractivity contribution is 0.390. The van der Waals surface area contributed by atoms with Crippen LogP contribution in [0.5, 0.6) is 0 Å². The lowest BCUT2D eigenvalue weighted by Crippen LogP contribution is -2.30. The molecule has 4 heteroatoms. The molecule has 1 saturated carbocycles. The predicted octanol–water partition coefficient (Wildman–Crippen LogP) is 3.67. The first-order valence-corrected chi connectivity index (χ1v) is 6.91. The first kappa shape index (κ1) is 13.0. The molecule has 2 nitrogen and oxygen atoms in total. The maximum absolute atomic E-state index is 13.8. The van der Waals surface area contributed by atoms with Crippen molar-refractivity contribution >= 4 is 15.9 Å². The Bertz CT molecular complexity index is 378. The van der Waals surface area contributed by atoms with E-state index in [2.05, 4.69) is 21.4 Å². The van der Waals surface area contributed by atoms with Gasteiger partial charge in [0.15, 0.2) is 0 Å². The lowest BCUT2D eigenvalue weighted by atomic mass is 9.94. The van der Waals surface area contributed by atoms with Gasteiger partial charge in [-0.05, 0) is 30.5 Å². The Kier molecular flexibility index (Phi) is 4.54. The van der Waals surface area contributed by atoms with Gasteiger partial charge in [0.1, 0.15) is 5.82 Å². The average Bonchev–Trinajstić information content (AvgIpc) is 2.82. The number of rotatable bonds is 4. The number of benzene rings is 1. The molecule has 0 aliphatic heterocycles. The Morgan fingerprint density at radius 1 is 1.41 bits per heavy atom. The first-order chi connectivity index (χ1) is 8.20. The second-order valence-electron chi connectivity index (χ2n) is 4.77. The van der Waals surface area contributed by atoms with E-state index in [0.717, 1.165) is 10.9 Å². The Labute approximate surface area is 110 Å². The van der Waals surface area contributed by atoms with Crippen molar-refractivity contribution in [2.45, 2.75) is 38.1 Å². The summed E-state index contributed by atoms with van der Waals surface area (Å²) in [5.41, 5.74) is 3.41. The summed E-state index contributed by atoms with van der Waals surface area (Å²) in [6, 6.07) is 4.92. The fraction of sp³-hybridized carbons (Fsp3) is 0.538. The van der Waals surface area contributed by atoms with Crippen LogP contribution in [0.3, 0.4) is 0 Å². The number of hydrogen-bond donors (Lipinski definition) is 2. The van der Waals surface area contributed by atoms with Crippen LogP contribution in [0.2, 0.25) is 0 Å². The fourth-order valence-electron chi connectivity index (χ4n) is 2.65. The minimum atomic E-state index is -0.186. The molecule has 1 aliphatic rings. The highest BCUT2D eigenvalue weighted by Crippen LogP contribution is 2.34. The molecule has 94 valence electrons. The molecule has 0 radical (unpaired) electrons. The highest BCUT2D eigenvalue weighted by molar-refractivity contribution is 9.10. The van der Waals surface area contributed by atoms with Crippen LogP contribution in [0, 0.1) is 11.7 Å². The largest absolute Gasteiger partial charge is 0.271 e. The molecule has 0 heterocycles. The standard InChI is InChI=1S/C13H18BrFN2/c14-10-5-6-12(15)11(8-10)13(17-16)7-9-3-1-2-4-9/h5-6,8-9,13,17H,1-4,7,16H2. The predicted molar refractivity (Wildman–Crippen MR) is 70.7 cm³/mol. The van der Waals surface area contributed by atoms with Crippen molar-refractivity contribution in [1.29, 1.82) is 0 Å². The van der Waals surface area contributed by atoms with Crippen molar-refractivity contribution in [2.24, 2.45) is 11.8 Å². The maximum atomic E-state index is 13.8. The second kappa shape index (κ2) is 5.94. The molecular weight excluding hydrogens is 283 g/mol. The van der Waals surface area contributed by atoms with Gasteiger partial charge in [0.05, 0.1) is 0 Å². The molecule has 1 fully saturated rings. The summed E-state index contributed by atoms with van der Waals surface area (Å²) >= 11 is 3.37. The average molecular weight is 301 g/mol. The molecule has 1 aromatic rings. The lowest BCUT2D eigenvalue weighted by Gasteiger charge is -2.20. The zero-order valence-corrected chi connectivity index (χ0v) is 11.3. The van der Waals surface area contributed by atoms with Gasteiger partial charge in [0, 0.05) is 16.1 Å². The highest BCUT2D eigenvalue weighted by Gasteiger charge is 2.22.